The van der Waals surface area contributed by atoms with Gasteiger partial charge in [-0.2, -0.15) is 0 Å². The van der Waals surface area contributed by atoms with Crippen molar-refractivity contribution in [3.8, 4) is 0 Å². The van der Waals surface area contributed by atoms with Crippen molar-refractivity contribution in [2.45, 2.75) is 44.6 Å². The maximum absolute atomic E-state index is 13.0. The molecule has 1 atom stereocenters. The lowest BCUT2D eigenvalue weighted by atomic mass is 10.1. The summed E-state index contributed by atoms with van der Waals surface area (Å²) in [4.78, 5) is 11.9. The Bertz CT molecular complexity index is 893. The lowest BCUT2D eigenvalue weighted by Gasteiger charge is -2.19. The number of aryl methyl sites for hydroxylation is 1. The molecule has 0 radical (unpaired) electrons. The van der Waals surface area contributed by atoms with E-state index >= 15 is 0 Å². The van der Waals surface area contributed by atoms with Gasteiger partial charge >= 0.3 is 5.97 Å². The average molecular weight is 391 g/mol. The highest BCUT2D eigenvalue weighted by atomic mass is 32.2. The van der Waals surface area contributed by atoms with Crippen molar-refractivity contribution in [3.05, 3.63) is 53.6 Å². The summed E-state index contributed by atoms with van der Waals surface area (Å²) in [5.41, 5.74) is 2.11. The molecule has 0 aliphatic heterocycles. The monoisotopic (exact) mass is 390 g/mol. The quantitative estimate of drug-likeness (QED) is 0.661. The number of anilines is 2. The first-order chi connectivity index (χ1) is 12.8. The summed E-state index contributed by atoms with van der Waals surface area (Å²) in [5.74, 6) is -0.588. The predicted molar refractivity (Wildman–Crippen MR) is 108 cm³/mol. The first-order valence-corrected chi connectivity index (χ1v) is 10.3. The maximum atomic E-state index is 13.0. The van der Waals surface area contributed by atoms with Crippen molar-refractivity contribution < 1.29 is 17.9 Å². The largest absolute Gasteiger partial charge is 0.465 e. The zero-order valence-electron chi connectivity index (χ0n) is 16.1. The van der Waals surface area contributed by atoms with Crippen molar-refractivity contribution in [2.75, 3.05) is 17.1 Å². The van der Waals surface area contributed by atoms with Gasteiger partial charge in [0.05, 0.1) is 18.4 Å². The van der Waals surface area contributed by atoms with Crippen molar-refractivity contribution in [1.82, 2.24) is 0 Å². The second-order valence-corrected chi connectivity index (χ2v) is 8.16. The van der Waals surface area contributed by atoms with E-state index in [1.807, 2.05) is 26.0 Å². The smallest absolute Gasteiger partial charge is 0.337 e. The summed E-state index contributed by atoms with van der Waals surface area (Å²) in [5, 5.41) is 3.23. The Morgan fingerprint density at radius 3 is 2.41 bits per heavy atom. The fourth-order valence-electron chi connectivity index (χ4n) is 2.71. The molecule has 0 saturated carbocycles. The van der Waals surface area contributed by atoms with Crippen LogP contribution in [0.2, 0.25) is 0 Å². The summed E-state index contributed by atoms with van der Waals surface area (Å²) >= 11 is 0. The molecular weight excluding hydrogens is 364 g/mol. The number of rotatable bonds is 8. The molecule has 0 fully saturated rings. The number of hydrogen-bond donors (Lipinski definition) is 2. The van der Waals surface area contributed by atoms with Crippen LogP contribution in [0.25, 0.3) is 0 Å². The molecule has 2 N–H and O–H groups in total. The number of esters is 1. The predicted octanol–water partition coefficient (Wildman–Crippen LogP) is 4.18. The topological polar surface area (TPSA) is 84.5 Å². The molecule has 7 heteroatoms. The minimum Gasteiger partial charge on any atom is -0.465 e. The third-order valence-electron chi connectivity index (χ3n) is 4.12. The number of nitrogens with one attached hydrogen (secondary N) is 2. The summed E-state index contributed by atoms with van der Waals surface area (Å²) < 4.78 is 33.3. The fourth-order valence-corrected chi connectivity index (χ4v) is 3.97. The number of carbonyl (C=O) groups excluding carboxylic acids is 1. The highest BCUT2D eigenvalue weighted by molar-refractivity contribution is 7.92. The van der Waals surface area contributed by atoms with Crippen LogP contribution in [0.3, 0.4) is 0 Å². The molecule has 0 bridgehead atoms. The molecule has 1 unspecified atom stereocenters. The SMILES string of the molecule is CCCC(C)Nc1ccc(C(=O)OC)cc1S(=O)(=O)Nc1ccc(C)cc1. The van der Waals surface area contributed by atoms with Gasteiger partial charge in [0.1, 0.15) is 4.90 Å². The molecule has 0 heterocycles. The zero-order chi connectivity index (χ0) is 20.0. The van der Waals surface area contributed by atoms with Gasteiger partial charge in [0.25, 0.3) is 10.0 Å². The Morgan fingerprint density at radius 1 is 1.15 bits per heavy atom. The van der Waals surface area contributed by atoms with Crippen LogP contribution in [0.1, 0.15) is 42.6 Å². The van der Waals surface area contributed by atoms with Gasteiger partial charge in [0, 0.05) is 11.7 Å². The Hall–Kier alpha value is -2.54. The van der Waals surface area contributed by atoms with E-state index in [1.54, 1.807) is 24.3 Å². The standard InChI is InChI=1S/C20H26N2O4S/c1-5-6-15(3)21-18-12-9-16(20(23)26-4)13-19(18)27(24,25)22-17-10-7-14(2)8-11-17/h7-13,15,21-22H,5-6H2,1-4H3. The molecule has 0 amide bonds. The van der Waals surface area contributed by atoms with Gasteiger partial charge in [-0.25, -0.2) is 13.2 Å². The molecule has 0 saturated heterocycles. The fraction of sp³-hybridized carbons (Fsp3) is 0.350. The minimum absolute atomic E-state index is 0.00827. The van der Waals surface area contributed by atoms with E-state index in [2.05, 4.69) is 17.0 Å². The third kappa shape index (κ3) is 5.47. The Kier molecular flexibility index (Phi) is 6.85. The molecule has 0 aliphatic rings. The Morgan fingerprint density at radius 2 is 1.81 bits per heavy atom. The van der Waals surface area contributed by atoms with Gasteiger partial charge in [-0.15, -0.1) is 0 Å². The van der Waals surface area contributed by atoms with Crippen LogP contribution in [0.4, 0.5) is 11.4 Å². The van der Waals surface area contributed by atoms with Crippen molar-refractivity contribution >= 4 is 27.4 Å². The first kappa shape index (κ1) is 20.8. The summed E-state index contributed by atoms with van der Waals surface area (Å²) in [6, 6.07) is 11.6. The van der Waals surface area contributed by atoms with Crippen LogP contribution in [0.5, 0.6) is 0 Å². The van der Waals surface area contributed by atoms with E-state index in [1.165, 1.54) is 13.2 Å². The van der Waals surface area contributed by atoms with Gasteiger partial charge in [-0.05, 0) is 50.6 Å². The zero-order valence-corrected chi connectivity index (χ0v) is 16.9. The van der Waals surface area contributed by atoms with E-state index in [0.717, 1.165) is 18.4 Å². The lowest BCUT2D eigenvalue weighted by Crippen LogP contribution is -2.20. The number of sulfonamides is 1. The maximum Gasteiger partial charge on any atom is 0.337 e. The summed E-state index contributed by atoms with van der Waals surface area (Å²) in [6.45, 7) is 5.98. The summed E-state index contributed by atoms with van der Waals surface area (Å²) in [6.07, 6.45) is 1.86. The van der Waals surface area contributed by atoms with Crippen LogP contribution in [-0.4, -0.2) is 27.5 Å². The van der Waals surface area contributed by atoms with Gasteiger partial charge in [0.15, 0.2) is 0 Å². The number of ether oxygens (including phenoxy) is 1. The van der Waals surface area contributed by atoms with E-state index in [-0.39, 0.29) is 16.5 Å². The Labute approximate surface area is 161 Å². The number of benzene rings is 2. The third-order valence-corrected chi connectivity index (χ3v) is 5.54. The van der Waals surface area contributed by atoms with E-state index < -0.39 is 16.0 Å². The number of methoxy groups -OCH3 is 1. The van der Waals surface area contributed by atoms with Crippen LogP contribution in [0.15, 0.2) is 47.4 Å². The van der Waals surface area contributed by atoms with Gasteiger partial charge in [0.2, 0.25) is 0 Å². The molecule has 2 aromatic carbocycles. The number of hydrogen-bond acceptors (Lipinski definition) is 5. The van der Waals surface area contributed by atoms with Gasteiger partial charge < -0.3 is 10.1 Å². The minimum atomic E-state index is -3.90. The van der Waals surface area contributed by atoms with Gasteiger partial charge in [-0.3, -0.25) is 4.72 Å². The molecule has 2 rings (SSSR count). The first-order valence-electron chi connectivity index (χ1n) is 8.85. The second-order valence-electron chi connectivity index (χ2n) is 6.51. The molecule has 6 nitrogen and oxygen atoms in total. The van der Waals surface area contributed by atoms with Crippen LogP contribution >= 0.6 is 0 Å². The molecular formula is C20H26N2O4S. The van der Waals surface area contributed by atoms with E-state index in [9.17, 15) is 13.2 Å². The van der Waals surface area contributed by atoms with Crippen molar-refractivity contribution in [2.24, 2.45) is 0 Å². The lowest BCUT2D eigenvalue weighted by molar-refractivity contribution is 0.0600. The molecule has 0 spiro atoms. The van der Waals surface area contributed by atoms with Crippen LogP contribution in [-0.2, 0) is 14.8 Å². The Balaban J connectivity index is 2.45. The van der Waals surface area contributed by atoms with Crippen LogP contribution in [0, 0.1) is 6.92 Å². The highest BCUT2D eigenvalue weighted by Gasteiger charge is 2.22. The molecule has 0 aliphatic carbocycles. The van der Waals surface area contributed by atoms with Crippen LogP contribution < -0.4 is 10.0 Å². The number of carbonyl (C=O) groups is 1. The van der Waals surface area contributed by atoms with Gasteiger partial charge in [-0.1, -0.05) is 31.0 Å². The normalized spacial score (nSPS) is 12.3. The van der Waals surface area contributed by atoms with E-state index in [0.29, 0.717) is 11.4 Å². The molecule has 27 heavy (non-hydrogen) atoms. The van der Waals surface area contributed by atoms with Crippen molar-refractivity contribution in [1.29, 1.82) is 0 Å². The highest BCUT2D eigenvalue weighted by Crippen LogP contribution is 2.27. The second kappa shape index (κ2) is 8.90. The molecule has 2 aromatic rings. The summed E-state index contributed by atoms with van der Waals surface area (Å²) in [7, 11) is -2.64. The van der Waals surface area contributed by atoms with Crippen molar-refractivity contribution in [3.63, 3.8) is 0 Å². The average Bonchev–Trinajstić information content (AvgIpc) is 2.63. The molecule has 146 valence electrons. The molecule has 0 aromatic heterocycles. The van der Waals surface area contributed by atoms with E-state index in [4.69, 9.17) is 4.74 Å².